The first-order valence-corrected chi connectivity index (χ1v) is 6.50. The molecule has 2 aromatic heterocycles. The minimum absolute atomic E-state index is 0.0753. The smallest absolute Gasteiger partial charge is 0.237 e. The Morgan fingerprint density at radius 3 is 2.79 bits per heavy atom. The minimum atomic E-state index is -0.204. The van der Waals surface area contributed by atoms with Crippen molar-refractivity contribution in [3.8, 4) is 0 Å². The second kappa shape index (κ2) is 6.30. The van der Waals surface area contributed by atoms with E-state index in [4.69, 9.17) is 5.11 Å². The first-order valence-electron chi connectivity index (χ1n) is 5.52. The Morgan fingerprint density at radius 2 is 2.16 bits per heavy atom. The number of imidazole rings is 1. The number of thioether (sulfide) groups is 1. The molecule has 0 spiro atoms. The quantitative estimate of drug-likeness (QED) is 0.771. The number of carbonyl (C=O) groups excluding carboxylic acids is 1. The van der Waals surface area contributed by atoms with Gasteiger partial charge in [-0.2, -0.15) is 0 Å². The van der Waals surface area contributed by atoms with E-state index >= 15 is 0 Å². The van der Waals surface area contributed by atoms with Crippen molar-refractivity contribution in [2.45, 2.75) is 11.8 Å². The molecule has 19 heavy (non-hydrogen) atoms. The molecule has 2 rings (SSSR count). The highest BCUT2D eigenvalue weighted by atomic mass is 32.2. The Labute approximate surface area is 114 Å². The zero-order valence-electron chi connectivity index (χ0n) is 10.3. The molecule has 2 aromatic rings. The van der Waals surface area contributed by atoms with Crippen LogP contribution in [0.4, 0.5) is 5.95 Å². The molecule has 2 N–H and O–H groups in total. The van der Waals surface area contributed by atoms with Crippen molar-refractivity contribution in [1.82, 2.24) is 19.5 Å². The summed E-state index contributed by atoms with van der Waals surface area (Å²) in [7, 11) is 1.79. The summed E-state index contributed by atoms with van der Waals surface area (Å²) in [4.78, 5) is 23.6. The fourth-order valence-corrected chi connectivity index (χ4v) is 2.13. The van der Waals surface area contributed by atoms with Crippen LogP contribution in [0.1, 0.15) is 5.69 Å². The summed E-state index contributed by atoms with van der Waals surface area (Å²) in [6, 6.07) is 1.68. The fraction of sp³-hybridized carbons (Fsp3) is 0.273. The van der Waals surface area contributed by atoms with Crippen molar-refractivity contribution >= 4 is 23.6 Å². The van der Waals surface area contributed by atoms with Gasteiger partial charge in [0.2, 0.25) is 11.9 Å². The van der Waals surface area contributed by atoms with Crippen LogP contribution in [0.5, 0.6) is 0 Å². The van der Waals surface area contributed by atoms with Gasteiger partial charge in [-0.15, -0.1) is 0 Å². The molecule has 7 nitrogen and oxygen atoms in total. The average Bonchev–Trinajstić information content (AvgIpc) is 2.78. The Hall–Kier alpha value is -1.93. The Balaban J connectivity index is 1.88. The SMILES string of the molecule is Cn1c(CO)cnc1SCC(=O)Nc1ncccn1. The van der Waals surface area contributed by atoms with E-state index < -0.39 is 0 Å². The predicted octanol–water partition coefficient (Wildman–Crippen LogP) is 0.433. The first kappa shape index (κ1) is 13.5. The number of aromatic nitrogens is 4. The second-order valence-corrected chi connectivity index (χ2v) is 4.60. The number of anilines is 1. The first-order chi connectivity index (χ1) is 9.20. The highest BCUT2D eigenvalue weighted by Crippen LogP contribution is 2.17. The van der Waals surface area contributed by atoms with Crippen LogP contribution in [-0.4, -0.2) is 36.3 Å². The molecule has 0 aliphatic heterocycles. The number of carbonyl (C=O) groups is 1. The van der Waals surface area contributed by atoms with Crippen LogP contribution < -0.4 is 5.32 Å². The number of hydrogen-bond donors (Lipinski definition) is 2. The maximum absolute atomic E-state index is 11.7. The van der Waals surface area contributed by atoms with Gasteiger partial charge in [-0.05, 0) is 6.07 Å². The van der Waals surface area contributed by atoms with E-state index in [-0.39, 0.29) is 24.2 Å². The van der Waals surface area contributed by atoms with Gasteiger partial charge in [0.05, 0.1) is 24.3 Å². The summed E-state index contributed by atoms with van der Waals surface area (Å²) in [6.45, 7) is -0.0753. The van der Waals surface area contributed by atoms with Gasteiger partial charge in [0.15, 0.2) is 5.16 Å². The number of aliphatic hydroxyl groups is 1. The molecule has 0 aliphatic carbocycles. The summed E-state index contributed by atoms with van der Waals surface area (Å²) in [5, 5.41) is 12.3. The summed E-state index contributed by atoms with van der Waals surface area (Å²) in [5.41, 5.74) is 0.703. The third-order valence-electron chi connectivity index (χ3n) is 2.35. The Morgan fingerprint density at radius 1 is 1.42 bits per heavy atom. The summed E-state index contributed by atoms with van der Waals surface area (Å²) in [5.74, 6) is 0.280. The number of nitrogens with zero attached hydrogens (tertiary/aromatic N) is 4. The van der Waals surface area contributed by atoms with Crippen LogP contribution in [0.3, 0.4) is 0 Å². The zero-order valence-corrected chi connectivity index (χ0v) is 11.1. The topological polar surface area (TPSA) is 92.9 Å². The van der Waals surface area contributed by atoms with Crippen LogP contribution >= 0.6 is 11.8 Å². The van der Waals surface area contributed by atoms with E-state index in [2.05, 4.69) is 20.3 Å². The highest BCUT2D eigenvalue weighted by Gasteiger charge is 2.10. The molecule has 0 radical (unpaired) electrons. The largest absolute Gasteiger partial charge is 0.390 e. The maximum atomic E-state index is 11.7. The van der Waals surface area contributed by atoms with Crippen molar-refractivity contribution in [1.29, 1.82) is 0 Å². The monoisotopic (exact) mass is 279 g/mol. The van der Waals surface area contributed by atoms with E-state index in [0.717, 1.165) is 0 Å². The van der Waals surface area contributed by atoms with Crippen LogP contribution in [0.2, 0.25) is 0 Å². The Bertz CT molecular complexity index is 557. The maximum Gasteiger partial charge on any atom is 0.237 e. The molecule has 0 fully saturated rings. The van der Waals surface area contributed by atoms with Gasteiger partial charge in [0.1, 0.15) is 0 Å². The molecular weight excluding hydrogens is 266 g/mol. The third-order valence-corrected chi connectivity index (χ3v) is 3.40. The standard InChI is InChI=1S/C11H13N5O2S/c1-16-8(6-17)5-14-11(16)19-7-9(18)15-10-12-3-2-4-13-10/h2-5,17H,6-7H2,1H3,(H,12,13,15,18). The van der Waals surface area contributed by atoms with Crippen molar-refractivity contribution in [2.24, 2.45) is 7.05 Å². The minimum Gasteiger partial charge on any atom is -0.390 e. The molecule has 2 heterocycles. The molecule has 0 aliphatic rings. The normalized spacial score (nSPS) is 10.4. The summed E-state index contributed by atoms with van der Waals surface area (Å²) >= 11 is 1.28. The van der Waals surface area contributed by atoms with Gasteiger partial charge in [0.25, 0.3) is 0 Å². The van der Waals surface area contributed by atoms with Crippen molar-refractivity contribution in [3.63, 3.8) is 0 Å². The number of aliphatic hydroxyl groups excluding tert-OH is 1. The second-order valence-electron chi connectivity index (χ2n) is 3.66. The zero-order chi connectivity index (χ0) is 13.7. The van der Waals surface area contributed by atoms with Crippen molar-refractivity contribution in [2.75, 3.05) is 11.1 Å². The Kier molecular flexibility index (Phi) is 4.48. The van der Waals surface area contributed by atoms with Crippen molar-refractivity contribution in [3.05, 3.63) is 30.4 Å². The van der Waals surface area contributed by atoms with E-state index in [9.17, 15) is 4.79 Å². The molecule has 100 valence electrons. The molecule has 1 amide bonds. The number of hydrogen-bond acceptors (Lipinski definition) is 6. The van der Waals surface area contributed by atoms with Crippen LogP contribution in [-0.2, 0) is 18.4 Å². The molecule has 0 bridgehead atoms. The van der Waals surface area contributed by atoms with E-state index in [0.29, 0.717) is 10.9 Å². The lowest BCUT2D eigenvalue weighted by atomic mass is 10.5. The third kappa shape index (κ3) is 3.52. The highest BCUT2D eigenvalue weighted by molar-refractivity contribution is 7.99. The van der Waals surface area contributed by atoms with Gasteiger partial charge in [0, 0.05) is 19.4 Å². The lowest BCUT2D eigenvalue weighted by Gasteiger charge is -2.04. The average molecular weight is 279 g/mol. The van der Waals surface area contributed by atoms with Crippen molar-refractivity contribution < 1.29 is 9.90 Å². The predicted molar refractivity (Wildman–Crippen MR) is 70.5 cm³/mol. The van der Waals surface area contributed by atoms with Gasteiger partial charge < -0.3 is 9.67 Å². The van der Waals surface area contributed by atoms with Gasteiger partial charge in [-0.1, -0.05) is 11.8 Å². The lowest BCUT2D eigenvalue weighted by Crippen LogP contribution is -2.16. The van der Waals surface area contributed by atoms with E-state index in [1.807, 2.05) is 0 Å². The van der Waals surface area contributed by atoms with E-state index in [1.165, 1.54) is 11.8 Å². The molecule has 8 heteroatoms. The van der Waals surface area contributed by atoms with Crippen LogP contribution in [0, 0.1) is 0 Å². The number of amides is 1. The van der Waals surface area contributed by atoms with Crippen LogP contribution in [0.15, 0.2) is 29.8 Å². The molecule has 0 saturated carbocycles. The van der Waals surface area contributed by atoms with Crippen LogP contribution in [0.25, 0.3) is 0 Å². The molecule has 0 aromatic carbocycles. The van der Waals surface area contributed by atoms with Gasteiger partial charge in [-0.25, -0.2) is 15.0 Å². The number of nitrogens with one attached hydrogen (secondary N) is 1. The molecular formula is C11H13N5O2S. The molecule has 0 unspecified atom stereocenters. The molecule has 0 saturated heterocycles. The van der Waals surface area contributed by atoms with Gasteiger partial charge in [-0.3, -0.25) is 10.1 Å². The fourth-order valence-electron chi connectivity index (χ4n) is 1.36. The van der Waals surface area contributed by atoms with Gasteiger partial charge >= 0.3 is 0 Å². The summed E-state index contributed by atoms with van der Waals surface area (Å²) in [6.07, 6.45) is 4.70. The van der Waals surface area contributed by atoms with E-state index in [1.54, 1.807) is 36.3 Å². The number of rotatable bonds is 5. The molecule has 0 atom stereocenters. The summed E-state index contributed by atoms with van der Waals surface area (Å²) < 4.78 is 1.75. The lowest BCUT2D eigenvalue weighted by molar-refractivity contribution is -0.113.